The van der Waals surface area contributed by atoms with Crippen molar-refractivity contribution in [1.82, 2.24) is 25.0 Å². The van der Waals surface area contributed by atoms with Gasteiger partial charge in [0.1, 0.15) is 23.1 Å². The van der Waals surface area contributed by atoms with Crippen LogP contribution in [0.25, 0.3) is 0 Å². The van der Waals surface area contributed by atoms with Crippen molar-refractivity contribution in [2.45, 2.75) is 44.3 Å². The first-order chi connectivity index (χ1) is 14.0. The highest BCUT2D eigenvalue weighted by molar-refractivity contribution is 8.00. The van der Waals surface area contributed by atoms with Crippen molar-refractivity contribution >= 4 is 34.1 Å². The first-order valence-electron chi connectivity index (χ1n) is 8.96. The summed E-state index contributed by atoms with van der Waals surface area (Å²) < 4.78 is 12.9. The number of hydrogen-bond donors (Lipinski definition) is 1. The number of aromatic nitrogens is 5. The molecular weight excluding hydrogens is 412 g/mol. The Kier molecular flexibility index (Phi) is 7.04. The minimum absolute atomic E-state index is 0.159. The van der Waals surface area contributed by atoms with Crippen molar-refractivity contribution in [1.29, 1.82) is 0 Å². The van der Waals surface area contributed by atoms with E-state index in [1.54, 1.807) is 7.11 Å². The van der Waals surface area contributed by atoms with E-state index in [9.17, 15) is 4.79 Å². The summed E-state index contributed by atoms with van der Waals surface area (Å²) in [5, 5.41) is 20.6. The van der Waals surface area contributed by atoms with Crippen LogP contribution in [0.5, 0.6) is 11.5 Å². The highest BCUT2D eigenvalue weighted by Gasteiger charge is 2.21. The first-order valence-corrected chi connectivity index (χ1v) is 10.7. The second-order valence-corrected chi connectivity index (χ2v) is 8.47. The molecule has 2 aromatic heterocycles. The van der Waals surface area contributed by atoms with Gasteiger partial charge in [0.25, 0.3) is 0 Å². The van der Waals surface area contributed by atoms with Crippen LogP contribution in [0.4, 0.5) is 5.13 Å². The number of nitrogens with one attached hydrogen (secondary N) is 1. The topological polar surface area (TPSA) is 104 Å². The van der Waals surface area contributed by atoms with Crippen molar-refractivity contribution in [3.05, 3.63) is 35.1 Å². The summed E-state index contributed by atoms with van der Waals surface area (Å²) >= 11 is 2.68. The molecule has 3 aromatic rings. The molecule has 0 bridgehead atoms. The fraction of sp³-hybridized carbons (Fsp3) is 0.389. The van der Waals surface area contributed by atoms with Crippen LogP contribution in [-0.2, 0) is 17.9 Å². The first kappa shape index (κ1) is 21.1. The predicted molar refractivity (Wildman–Crippen MR) is 112 cm³/mol. The van der Waals surface area contributed by atoms with Crippen LogP contribution in [0, 0.1) is 6.92 Å². The number of amides is 1. The number of ether oxygens (including phenoxy) is 2. The molecule has 1 N–H and O–H groups in total. The molecule has 1 aromatic carbocycles. The Morgan fingerprint density at radius 1 is 1.21 bits per heavy atom. The van der Waals surface area contributed by atoms with E-state index in [0.29, 0.717) is 28.4 Å². The van der Waals surface area contributed by atoms with Gasteiger partial charge in [-0.05, 0) is 45.0 Å². The molecule has 11 heteroatoms. The van der Waals surface area contributed by atoms with Gasteiger partial charge < -0.3 is 14.0 Å². The molecule has 9 nitrogen and oxygen atoms in total. The molecule has 0 aliphatic rings. The fourth-order valence-electron chi connectivity index (χ4n) is 2.42. The normalized spacial score (nSPS) is 11.9. The Morgan fingerprint density at radius 3 is 2.55 bits per heavy atom. The number of rotatable bonds is 9. The number of carbonyl (C=O) groups excluding carboxylic acids is 1. The molecule has 29 heavy (non-hydrogen) atoms. The van der Waals surface area contributed by atoms with Gasteiger partial charge in [-0.2, -0.15) is 0 Å². The number of nitrogens with zero attached hydrogens (tertiary/aromatic N) is 5. The van der Waals surface area contributed by atoms with Gasteiger partial charge in [0.15, 0.2) is 11.0 Å². The summed E-state index contributed by atoms with van der Waals surface area (Å²) in [6.45, 7) is 6.60. The number of thioether (sulfide) groups is 1. The van der Waals surface area contributed by atoms with E-state index >= 15 is 0 Å². The molecule has 0 aliphatic heterocycles. The minimum atomic E-state index is -0.371. The quantitative estimate of drug-likeness (QED) is 0.512. The molecule has 154 valence electrons. The molecule has 1 atom stereocenters. The molecule has 0 spiro atoms. The molecule has 3 rings (SSSR count). The number of anilines is 1. The number of aryl methyl sites for hydroxylation is 1. The molecule has 1 unspecified atom stereocenters. The molecule has 2 heterocycles. The van der Waals surface area contributed by atoms with E-state index < -0.39 is 0 Å². The van der Waals surface area contributed by atoms with E-state index in [4.69, 9.17) is 9.47 Å². The number of hydrogen-bond acceptors (Lipinski definition) is 9. The van der Waals surface area contributed by atoms with Gasteiger partial charge in [0, 0.05) is 6.54 Å². The van der Waals surface area contributed by atoms with Crippen molar-refractivity contribution in [3.8, 4) is 11.5 Å². The maximum absolute atomic E-state index is 12.4. The van der Waals surface area contributed by atoms with Gasteiger partial charge in [-0.15, -0.1) is 20.4 Å². The van der Waals surface area contributed by atoms with Gasteiger partial charge in [-0.25, -0.2) is 0 Å². The number of benzene rings is 1. The molecule has 0 saturated heterocycles. The lowest BCUT2D eigenvalue weighted by molar-refractivity contribution is -0.115. The zero-order valence-electron chi connectivity index (χ0n) is 16.6. The molecule has 0 aliphatic carbocycles. The van der Waals surface area contributed by atoms with Gasteiger partial charge in [0.05, 0.1) is 12.4 Å². The van der Waals surface area contributed by atoms with Gasteiger partial charge in [-0.3, -0.25) is 10.1 Å². The van der Waals surface area contributed by atoms with E-state index in [2.05, 4.69) is 25.7 Å². The highest BCUT2D eigenvalue weighted by atomic mass is 32.2. The molecular formula is C18H22N6O3S2. The van der Waals surface area contributed by atoms with Crippen molar-refractivity contribution < 1.29 is 14.3 Å². The van der Waals surface area contributed by atoms with Crippen LogP contribution >= 0.6 is 23.1 Å². The lowest BCUT2D eigenvalue weighted by Crippen LogP contribution is -2.23. The third-order valence-electron chi connectivity index (χ3n) is 3.94. The van der Waals surface area contributed by atoms with Gasteiger partial charge >= 0.3 is 0 Å². The third kappa shape index (κ3) is 5.45. The van der Waals surface area contributed by atoms with Gasteiger partial charge in [0.2, 0.25) is 11.0 Å². The Labute approximate surface area is 176 Å². The lowest BCUT2D eigenvalue weighted by atomic mass is 10.3. The predicted octanol–water partition coefficient (Wildman–Crippen LogP) is 3.16. The Balaban J connectivity index is 1.61. The van der Waals surface area contributed by atoms with E-state index in [1.165, 1.54) is 23.1 Å². The van der Waals surface area contributed by atoms with Crippen molar-refractivity contribution in [3.63, 3.8) is 0 Å². The highest BCUT2D eigenvalue weighted by Crippen LogP contribution is 2.25. The maximum atomic E-state index is 12.4. The second-order valence-electron chi connectivity index (χ2n) is 5.98. The summed E-state index contributed by atoms with van der Waals surface area (Å²) in [6.07, 6.45) is 0. The SMILES string of the molecule is CCn1c(COc2ccc(OC)cc2)nnc1SC(C)C(=O)Nc1nnc(C)s1. The number of carbonyl (C=O) groups is 1. The van der Waals surface area contributed by atoms with E-state index in [0.717, 1.165) is 10.8 Å². The van der Waals surface area contributed by atoms with Crippen molar-refractivity contribution in [2.24, 2.45) is 0 Å². The van der Waals surface area contributed by atoms with Gasteiger partial charge in [-0.1, -0.05) is 23.1 Å². The monoisotopic (exact) mass is 434 g/mol. The average molecular weight is 435 g/mol. The summed E-state index contributed by atoms with van der Waals surface area (Å²) in [5.74, 6) is 2.01. The largest absolute Gasteiger partial charge is 0.497 e. The zero-order chi connectivity index (χ0) is 20.8. The van der Waals surface area contributed by atoms with Crippen LogP contribution < -0.4 is 14.8 Å². The number of methoxy groups -OCH3 is 1. The van der Waals surface area contributed by atoms with Crippen molar-refractivity contribution in [2.75, 3.05) is 12.4 Å². The zero-order valence-corrected chi connectivity index (χ0v) is 18.2. The third-order valence-corrected chi connectivity index (χ3v) is 5.78. The fourth-order valence-corrected chi connectivity index (χ4v) is 3.94. The van der Waals surface area contributed by atoms with Crippen LogP contribution in [0.1, 0.15) is 24.7 Å². The second kappa shape index (κ2) is 9.70. The average Bonchev–Trinajstić information content (AvgIpc) is 3.31. The van der Waals surface area contributed by atoms with E-state index in [1.807, 2.05) is 49.6 Å². The van der Waals surface area contributed by atoms with Crippen LogP contribution in [0.2, 0.25) is 0 Å². The molecule has 0 fully saturated rings. The lowest BCUT2D eigenvalue weighted by Gasteiger charge is -2.12. The smallest absolute Gasteiger partial charge is 0.239 e. The maximum Gasteiger partial charge on any atom is 0.239 e. The van der Waals surface area contributed by atoms with Crippen LogP contribution in [0.3, 0.4) is 0 Å². The van der Waals surface area contributed by atoms with Crippen LogP contribution in [-0.4, -0.2) is 43.2 Å². The Hall–Kier alpha value is -2.66. The molecule has 0 radical (unpaired) electrons. The molecule has 0 saturated carbocycles. The summed E-state index contributed by atoms with van der Waals surface area (Å²) in [4.78, 5) is 12.4. The standard InChI is InChI=1S/C18H22N6O3S2/c1-5-24-15(10-27-14-8-6-13(26-4)7-9-14)21-23-18(24)28-11(2)16(25)19-17-22-20-12(3)29-17/h6-9,11H,5,10H2,1-4H3,(H,19,22,25). The summed E-state index contributed by atoms with van der Waals surface area (Å²) in [5.41, 5.74) is 0. The summed E-state index contributed by atoms with van der Waals surface area (Å²) in [6, 6.07) is 7.34. The molecule has 1 amide bonds. The Morgan fingerprint density at radius 2 is 1.93 bits per heavy atom. The van der Waals surface area contributed by atoms with Crippen LogP contribution in [0.15, 0.2) is 29.4 Å². The minimum Gasteiger partial charge on any atom is -0.497 e. The summed E-state index contributed by atoms with van der Waals surface area (Å²) in [7, 11) is 1.62. The Bertz CT molecular complexity index is 957. The van der Waals surface area contributed by atoms with E-state index in [-0.39, 0.29) is 17.8 Å².